The largest absolute Gasteiger partial charge is 0.490 e. The molecule has 0 radical (unpaired) electrons. The molecule has 0 amide bonds. The first kappa shape index (κ1) is 15.6. The minimum Gasteiger partial charge on any atom is -0.475 e. The summed E-state index contributed by atoms with van der Waals surface area (Å²) >= 11 is 0. The number of hydrogen-bond donors (Lipinski definition) is 2. The van der Waals surface area contributed by atoms with Crippen LogP contribution in [0.2, 0.25) is 0 Å². The molecule has 0 aromatic rings. The molecule has 0 saturated carbocycles. The van der Waals surface area contributed by atoms with Crippen molar-refractivity contribution in [2.75, 3.05) is 6.61 Å². The standard InChI is InChI=1S/C2HF3O2.C2H6O4S/c3-2(4,5)1(6)7;1-2-6-7(3,4)5/h(H,6,7);2H2,1H3,(H,3,4,5). The van der Waals surface area contributed by atoms with E-state index >= 15 is 0 Å². The number of halogens is 3. The van der Waals surface area contributed by atoms with Crippen LogP contribution in [0.5, 0.6) is 0 Å². The predicted molar refractivity (Wildman–Crippen MR) is 36.9 cm³/mol. The van der Waals surface area contributed by atoms with Gasteiger partial charge in [0, 0.05) is 0 Å². The average Bonchev–Trinajstić information content (AvgIpc) is 1.82. The average molecular weight is 240 g/mol. The Morgan fingerprint density at radius 1 is 1.43 bits per heavy atom. The Kier molecular flexibility index (Phi) is 6.43. The summed E-state index contributed by atoms with van der Waals surface area (Å²) in [5.74, 6) is -2.76. The predicted octanol–water partition coefficient (Wildman–Crippen LogP) is 0.459. The first-order chi connectivity index (χ1) is 6.00. The lowest BCUT2D eigenvalue weighted by atomic mass is 10.7. The molecule has 10 heteroatoms. The van der Waals surface area contributed by atoms with Crippen LogP contribution in [0.1, 0.15) is 6.92 Å². The molecule has 0 spiro atoms. The van der Waals surface area contributed by atoms with E-state index in [-0.39, 0.29) is 6.61 Å². The Morgan fingerprint density at radius 3 is 1.71 bits per heavy atom. The van der Waals surface area contributed by atoms with Crippen molar-refractivity contribution in [2.24, 2.45) is 0 Å². The quantitative estimate of drug-likeness (QED) is 0.680. The van der Waals surface area contributed by atoms with Crippen LogP contribution in [0, 0.1) is 0 Å². The third-order valence-electron chi connectivity index (χ3n) is 0.509. The number of alkyl halides is 3. The Bertz CT molecular complexity index is 267. The molecule has 0 aliphatic rings. The highest BCUT2D eigenvalue weighted by atomic mass is 32.3. The van der Waals surface area contributed by atoms with Gasteiger partial charge in [0.05, 0.1) is 6.61 Å². The molecule has 0 saturated heterocycles. The van der Waals surface area contributed by atoms with Crippen LogP contribution in [0.25, 0.3) is 0 Å². The second-order valence-corrected chi connectivity index (χ2v) is 2.73. The van der Waals surface area contributed by atoms with Crippen molar-refractivity contribution in [3.8, 4) is 0 Å². The highest BCUT2D eigenvalue weighted by molar-refractivity contribution is 7.80. The van der Waals surface area contributed by atoms with E-state index in [9.17, 15) is 21.6 Å². The molecule has 0 unspecified atom stereocenters. The number of carbonyl (C=O) groups is 1. The van der Waals surface area contributed by atoms with Crippen LogP contribution >= 0.6 is 0 Å². The highest BCUT2D eigenvalue weighted by Gasteiger charge is 2.38. The zero-order valence-corrected chi connectivity index (χ0v) is 7.59. The van der Waals surface area contributed by atoms with E-state index in [0.717, 1.165) is 0 Å². The number of aliphatic carboxylic acids is 1. The maximum absolute atomic E-state index is 10.6. The molecule has 0 aliphatic carbocycles. The van der Waals surface area contributed by atoms with Gasteiger partial charge in [0.2, 0.25) is 0 Å². The fourth-order valence-electron chi connectivity index (χ4n) is 0.149. The number of rotatable bonds is 2. The molecule has 2 N–H and O–H groups in total. The Balaban J connectivity index is 0. The Hall–Kier alpha value is -0.870. The van der Waals surface area contributed by atoms with E-state index in [1.807, 2.05) is 0 Å². The van der Waals surface area contributed by atoms with Crippen molar-refractivity contribution in [3.05, 3.63) is 0 Å². The van der Waals surface area contributed by atoms with Gasteiger partial charge in [0.25, 0.3) is 0 Å². The molecular weight excluding hydrogens is 233 g/mol. The van der Waals surface area contributed by atoms with Crippen LogP contribution in [0.3, 0.4) is 0 Å². The molecule has 0 bridgehead atoms. The molecule has 86 valence electrons. The summed E-state index contributed by atoms with van der Waals surface area (Å²) in [6.07, 6.45) is -5.08. The summed E-state index contributed by atoms with van der Waals surface area (Å²) in [4.78, 5) is 8.90. The van der Waals surface area contributed by atoms with Gasteiger partial charge < -0.3 is 5.11 Å². The summed E-state index contributed by atoms with van der Waals surface area (Å²) < 4.78 is 62.4. The first-order valence-corrected chi connectivity index (χ1v) is 4.29. The summed E-state index contributed by atoms with van der Waals surface area (Å²) in [6, 6.07) is 0. The molecule has 0 rings (SSSR count). The second kappa shape index (κ2) is 5.78. The Labute approximate surface area is 77.2 Å². The van der Waals surface area contributed by atoms with Gasteiger partial charge in [-0.3, -0.25) is 4.55 Å². The van der Waals surface area contributed by atoms with Crippen molar-refractivity contribution in [2.45, 2.75) is 13.1 Å². The number of carboxylic acid groups (broad SMARTS) is 1. The van der Waals surface area contributed by atoms with Gasteiger partial charge in [0.1, 0.15) is 0 Å². The zero-order chi connectivity index (χ0) is 12.0. The molecule has 0 heterocycles. The minimum atomic E-state index is -5.08. The van der Waals surface area contributed by atoms with E-state index in [2.05, 4.69) is 4.18 Å². The third kappa shape index (κ3) is 13.7. The van der Waals surface area contributed by atoms with Crippen molar-refractivity contribution < 1.29 is 40.2 Å². The van der Waals surface area contributed by atoms with E-state index < -0.39 is 22.5 Å². The summed E-state index contributed by atoms with van der Waals surface area (Å²) in [5.41, 5.74) is 0. The van der Waals surface area contributed by atoms with Crippen molar-refractivity contribution in [3.63, 3.8) is 0 Å². The molecule has 14 heavy (non-hydrogen) atoms. The molecular formula is C4H7F3O6S. The van der Waals surface area contributed by atoms with Crippen LogP contribution in [0.15, 0.2) is 0 Å². The van der Waals surface area contributed by atoms with Crippen LogP contribution in [0.4, 0.5) is 13.2 Å². The smallest absolute Gasteiger partial charge is 0.475 e. The highest BCUT2D eigenvalue weighted by Crippen LogP contribution is 2.13. The lowest BCUT2D eigenvalue weighted by Crippen LogP contribution is -2.21. The van der Waals surface area contributed by atoms with Gasteiger partial charge in [0.15, 0.2) is 0 Å². The van der Waals surface area contributed by atoms with Crippen LogP contribution in [-0.2, 0) is 19.4 Å². The van der Waals surface area contributed by atoms with E-state index in [1.54, 1.807) is 0 Å². The molecule has 0 aromatic carbocycles. The SMILES string of the molecule is CCOS(=O)(=O)O.O=C(O)C(F)(F)F. The monoisotopic (exact) mass is 240 g/mol. The van der Waals surface area contributed by atoms with E-state index in [4.69, 9.17) is 14.5 Å². The van der Waals surface area contributed by atoms with Gasteiger partial charge in [-0.2, -0.15) is 21.6 Å². The van der Waals surface area contributed by atoms with Crippen LogP contribution < -0.4 is 0 Å². The van der Waals surface area contributed by atoms with Gasteiger partial charge in [-0.1, -0.05) is 0 Å². The van der Waals surface area contributed by atoms with E-state index in [1.165, 1.54) is 6.92 Å². The van der Waals surface area contributed by atoms with E-state index in [0.29, 0.717) is 0 Å². The number of carboxylic acids is 1. The Morgan fingerprint density at radius 2 is 1.71 bits per heavy atom. The summed E-state index contributed by atoms with van der Waals surface area (Å²) in [6.45, 7) is 1.44. The fraction of sp³-hybridized carbons (Fsp3) is 0.750. The number of hydrogen-bond acceptors (Lipinski definition) is 4. The fourth-order valence-corrected chi connectivity index (χ4v) is 0.447. The molecule has 6 nitrogen and oxygen atoms in total. The molecule has 0 atom stereocenters. The molecule has 0 aromatic heterocycles. The van der Waals surface area contributed by atoms with Gasteiger partial charge in [-0.25, -0.2) is 8.98 Å². The third-order valence-corrected chi connectivity index (χ3v) is 1.04. The lowest BCUT2D eigenvalue weighted by molar-refractivity contribution is -0.192. The first-order valence-electron chi connectivity index (χ1n) is 2.92. The minimum absolute atomic E-state index is 0.0289. The van der Waals surface area contributed by atoms with Crippen molar-refractivity contribution in [1.82, 2.24) is 0 Å². The lowest BCUT2D eigenvalue weighted by Gasteiger charge is -1.93. The molecule has 0 fully saturated rings. The zero-order valence-electron chi connectivity index (χ0n) is 6.78. The van der Waals surface area contributed by atoms with Gasteiger partial charge in [-0.05, 0) is 6.92 Å². The topological polar surface area (TPSA) is 101 Å². The second-order valence-electron chi connectivity index (χ2n) is 1.64. The normalized spacial score (nSPS) is 11.5. The van der Waals surface area contributed by atoms with Crippen molar-refractivity contribution >= 4 is 16.4 Å². The van der Waals surface area contributed by atoms with Gasteiger partial charge in [-0.15, -0.1) is 0 Å². The summed E-state index contributed by atoms with van der Waals surface area (Å²) in [7, 11) is -4.17. The molecule has 0 aliphatic heterocycles. The maximum Gasteiger partial charge on any atom is 0.490 e. The maximum atomic E-state index is 10.6. The van der Waals surface area contributed by atoms with Gasteiger partial charge >= 0.3 is 22.5 Å². The van der Waals surface area contributed by atoms with Crippen molar-refractivity contribution in [1.29, 1.82) is 0 Å². The van der Waals surface area contributed by atoms with Crippen LogP contribution in [-0.4, -0.2) is 36.8 Å². The summed E-state index contributed by atoms with van der Waals surface area (Å²) in [5, 5.41) is 7.12.